The average molecular weight is 372 g/mol. The number of benzene rings is 2. The molecule has 1 aliphatic rings. The van der Waals surface area contributed by atoms with Crippen LogP contribution in [-0.2, 0) is 4.79 Å². The summed E-state index contributed by atoms with van der Waals surface area (Å²) in [7, 11) is 0. The van der Waals surface area contributed by atoms with Crippen molar-refractivity contribution in [1.82, 2.24) is 4.90 Å². The molecule has 1 N–H and O–H groups in total. The molecule has 6 heteroatoms. The summed E-state index contributed by atoms with van der Waals surface area (Å²) in [5.41, 5.74) is 2.40. The van der Waals surface area contributed by atoms with Gasteiger partial charge in [-0.05, 0) is 48.5 Å². The van der Waals surface area contributed by atoms with Gasteiger partial charge in [-0.1, -0.05) is 18.5 Å². The number of hydrogen-bond acceptors (Lipinski definition) is 3. The van der Waals surface area contributed by atoms with Crippen LogP contribution in [0.4, 0.5) is 11.4 Å². The van der Waals surface area contributed by atoms with Gasteiger partial charge in [-0.25, -0.2) is 0 Å². The van der Waals surface area contributed by atoms with Crippen LogP contribution in [0.1, 0.15) is 23.7 Å². The number of hydrogen-bond donors (Lipinski definition) is 1. The zero-order valence-corrected chi connectivity index (χ0v) is 15.5. The lowest BCUT2D eigenvalue weighted by Gasteiger charge is -2.36. The highest BCUT2D eigenvalue weighted by molar-refractivity contribution is 6.30. The second kappa shape index (κ2) is 8.23. The lowest BCUT2D eigenvalue weighted by atomic mass is 10.2. The molecule has 0 aromatic heterocycles. The number of rotatable bonds is 4. The molecular formula is C20H22ClN3O2. The zero-order chi connectivity index (χ0) is 18.5. The highest BCUT2D eigenvalue weighted by Crippen LogP contribution is 2.20. The van der Waals surface area contributed by atoms with E-state index in [9.17, 15) is 9.59 Å². The second-order valence-corrected chi connectivity index (χ2v) is 6.67. The number of carbonyl (C=O) groups excluding carboxylic acids is 2. The number of piperazine rings is 1. The van der Waals surface area contributed by atoms with Crippen LogP contribution in [0.2, 0.25) is 5.02 Å². The molecule has 3 rings (SSSR count). The molecule has 26 heavy (non-hydrogen) atoms. The SMILES string of the molecule is CCC(=O)N1CCN(c2ccc(NC(=O)c3ccc(Cl)cc3)cc2)CC1. The van der Waals surface area contributed by atoms with E-state index in [0.717, 1.165) is 37.6 Å². The molecular weight excluding hydrogens is 350 g/mol. The van der Waals surface area contributed by atoms with Gasteiger partial charge in [0, 0.05) is 54.6 Å². The van der Waals surface area contributed by atoms with Crippen LogP contribution in [-0.4, -0.2) is 42.9 Å². The number of carbonyl (C=O) groups is 2. The van der Waals surface area contributed by atoms with Crippen molar-refractivity contribution in [2.45, 2.75) is 13.3 Å². The predicted molar refractivity (Wildman–Crippen MR) is 105 cm³/mol. The molecule has 1 saturated heterocycles. The summed E-state index contributed by atoms with van der Waals surface area (Å²) in [6, 6.07) is 14.6. The summed E-state index contributed by atoms with van der Waals surface area (Å²) in [6.45, 7) is 5.04. The van der Waals surface area contributed by atoms with Crippen molar-refractivity contribution in [3.63, 3.8) is 0 Å². The van der Waals surface area contributed by atoms with Crippen molar-refractivity contribution in [2.24, 2.45) is 0 Å². The predicted octanol–water partition coefficient (Wildman–Crippen LogP) is 3.65. The minimum atomic E-state index is -0.166. The summed E-state index contributed by atoms with van der Waals surface area (Å²) in [5.74, 6) is 0.0472. The summed E-state index contributed by atoms with van der Waals surface area (Å²) in [5, 5.41) is 3.49. The molecule has 1 fully saturated rings. The van der Waals surface area contributed by atoms with Gasteiger partial charge in [0.05, 0.1) is 0 Å². The first kappa shape index (κ1) is 18.3. The van der Waals surface area contributed by atoms with Gasteiger partial charge in [-0.2, -0.15) is 0 Å². The van der Waals surface area contributed by atoms with E-state index in [0.29, 0.717) is 17.0 Å². The van der Waals surface area contributed by atoms with Crippen molar-refractivity contribution in [2.75, 3.05) is 36.4 Å². The van der Waals surface area contributed by atoms with Gasteiger partial charge in [0.2, 0.25) is 5.91 Å². The molecule has 0 bridgehead atoms. The Bertz CT molecular complexity index is 767. The van der Waals surface area contributed by atoms with Crippen LogP contribution in [0.25, 0.3) is 0 Å². The Kier molecular flexibility index (Phi) is 5.78. The third-order valence-electron chi connectivity index (χ3n) is 4.53. The molecule has 2 aromatic rings. The first-order valence-electron chi connectivity index (χ1n) is 8.76. The van der Waals surface area contributed by atoms with E-state index >= 15 is 0 Å². The van der Waals surface area contributed by atoms with Gasteiger partial charge >= 0.3 is 0 Å². The summed E-state index contributed by atoms with van der Waals surface area (Å²) >= 11 is 5.84. The number of amides is 2. The molecule has 0 spiro atoms. The van der Waals surface area contributed by atoms with Gasteiger partial charge in [0.25, 0.3) is 5.91 Å². The fourth-order valence-electron chi connectivity index (χ4n) is 3.00. The standard InChI is InChI=1S/C20H22ClN3O2/c1-2-19(25)24-13-11-23(12-14-24)18-9-7-17(8-10-18)22-20(26)15-3-5-16(21)6-4-15/h3-10H,2,11-14H2,1H3,(H,22,26). The maximum absolute atomic E-state index is 12.2. The monoisotopic (exact) mass is 371 g/mol. The molecule has 0 atom stereocenters. The van der Waals surface area contributed by atoms with Gasteiger partial charge in [0.1, 0.15) is 0 Å². The average Bonchev–Trinajstić information content (AvgIpc) is 2.68. The summed E-state index contributed by atoms with van der Waals surface area (Å²) < 4.78 is 0. The zero-order valence-electron chi connectivity index (χ0n) is 14.7. The smallest absolute Gasteiger partial charge is 0.255 e. The first-order valence-corrected chi connectivity index (χ1v) is 9.14. The molecule has 1 aliphatic heterocycles. The molecule has 0 unspecified atom stereocenters. The highest BCUT2D eigenvalue weighted by Gasteiger charge is 2.20. The Morgan fingerprint density at radius 1 is 0.962 bits per heavy atom. The third-order valence-corrected chi connectivity index (χ3v) is 4.78. The van der Waals surface area contributed by atoms with Crippen molar-refractivity contribution < 1.29 is 9.59 Å². The summed E-state index contributed by atoms with van der Waals surface area (Å²) in [4.78, 5) is 28.2. The van der Waals surface area contributed by atoms with Crippen molar-refractivity contribution in [3.05, 3.63) is 59.1 Å². The maximum atomic E-state index is 12.2. The molecule has 2 amide bonds. The molecule has 0 saturated carbocycles. The van der Waals surface area contributed by atoms with E-state index in [1.165, 1.54) is 0 Å². The van der Waals surface area contributed by atoms with Gasteiger partial charge in [0.15, 0.2) is 0 Å². The van der Waals surface area contributed by atoms with Crippen LogP contribution in [0, 0.1) is 0 Å². The Morgan fingerprint density at radius 3 is 2.15 bits per heavy atom. The van der Waals surface area contributed by atoms with Crippen LogP contribution >= 0.6 is 11.6 Å². The normalized spacial score (nSPS) is 14.2. The fourth-order valence-corrected chi connectivity index (χ4v) is 3.12. The van der Waals surface area contributed by atoms with E-state index in [1.54, 1.807) is 24.3 Å². The van der Waals surface area contributed by atoms with Gasteiger partial charge in [-0.15, -0.1) is 0 Å². The Morgan fingerprint density at radius 2 is 1.58 bits per heavy atom. The van der Waals surface area contributed by atoms with Crippen molar-refractivity contribution in [3.8, 4) is 0 Å². The van der Waals surface area contributed by atoms with E-state index in [4.69, 9.17) is 11.6 Å². The van der Waals surface area contributed by atoms with E-state index in [1.807, 2.05) is 36.1 Å². The molecule has 2 aromatic carbocycles. The van der Waals surface area contributed by atoms with Crippen LogP contribution < -0.4 is 10.2 Å². The summed E-state index contributed by atoms with van der Waals surface area (Å²) in [6.07, 6.45) is 0.558. The Labute approximate surface area is 158 Å². The molecule has 5 nitrogen and oxygen atoms in total. The third kappa shape index (κ3) is 4.35. The molecule has 0 radical (unpaired) electrons. The molecule has 0 aliphatic carbocycles. The topological polar surface area (TPSA) is 52.7 Å². The highest BCUT2D eigenvalue weighted by atomic mass is 35.5. The van der Waals surface area contributed by atoms with Crippen LogP contribution in [0.5, 0.6) is 0 Å². The number of nitrogens with zero attached hydrogens (tertiary/aromatic N) is 2. The lowest BCUT2D eigenvalue weighted by Crippen LogP contribution is -2.48. The van der Waals surface area contributed by atoms with Crippen molar-refractivity contribution in [1.29, 1.82) is 0 Å². The van der Waals surface area contributed by atoms with Crippen LogP contribution in [0.15, 0.2) is 48.5 Å². The Hall–Kier alpha value is -2.53. The lowest BCUT2D eigenvalue weighted by molar-refractivity contribution is -0.131. The quantitative estimate of drug-likeness (QED) is 0.892. The molecule has 136 valence electrons. The molecule has 1 heterocycles. The second-order valence-electron chi connectivity index (χ2n) is 6.23. The fraction of sp³-hybridized carbons (Fsp3) is 0.300. The number of halogens is 1. The van der Waals surface area contributed by atoms with E-state index in [2.05, 4.69) is 10.2 Å². The maximum Gasteiger partial charge on any atom is 0.255 e. The van der Waals surface area contributed by atoms with Gasteiger partial charge in [-0.3, -0.25) is 9.59 Å². The largest absolute Gasteiger partial charge is 0.368 e. The number of anilines is 2. The van der Waals surface area contributed by atoms with Crippen molar-refractivity contribution >= 4 is 34.8 Å². The first-order chi connectivity index (χ1) is 12.6. The minimum absolute atomic E-state index is 0.166. The number of nitrogens with one attached hydrogen (secondary N) is 1. The van der Waals surface area contributed by atoms with Crippen LogP contribution in [0.3, 0.4) is 0 Å². The minimum Gasteiger partial charge on any atom is -0.368 e. The van der Waals surface area contributed by atoms with E-state index in [-0.39, 0.29) is 11.8 Å². The Balaban J connectivity index is 1.58. The van der Waals surface area contributed by atoms with E-state index < -0.39 is 0 Å². The van der Waals surface area contributed by atoms with Gasteiger partial charge < -0.3 is 15.1 Å².